The molecule has 0 saturated heterocycles. The average molecular weight is 274 g/mol. The smallest absolute Gasteiger partial charge is 0.141 e. The SMILES string of the molecule is Cc1nn(C)c(C)c1CC(=O)Cc1c(C)nn(C)c1C. The van der Waals surface area contributed by atoms with Gasteiger partial charge in [-0.25, -0.2) is 0 Å². The van der Waals surface area contributed by atoms with E-state index in [9.17, 15) is 4.79 Å². The quantitative estimate of drug-likeness (QED) is 0.853. The van der Waals surface area contributed by atoms with Crippen molar-refractivity contribution in [3.8, 4) is 0 Å². The zero-order valence-electron chi connectivity index (χ0n) is 13.1. The van der Waals surface area contributed by atoms with Crippen LogP contribution in [0.1, 0.15) is 33.9 Å². The Kier molecular flexibility index (Phi) is 3.79. The standard InChI is InChI=1S/C15H22N4O/c1-9-14(11(3)18(5)16-9)7-13(20)8-15-10(2)17-19(6)12(15)4/h7-8H2,1-6H3. The van der Waals surface area contributed by atoms with Gasteiger partial charge in [0.05, 0.1) is 11.4 Å². The maximum absolute atomic E-state index is 12.3. The van der Waals surface area contributed by atoms with E-state index in [2.05, 4.69) is 10.2 Å². The first-order valence-electron chi connectivity index (χ1n) is 6.81. The molecule has 0 aliphatic heterocycles. The van der Waals surface area contributed by atoms with Crippen LogP contribution >= 0.6 is 0 Å². The molecule has 5 heteroatoms. The van der Waals surface area contributed by atoms with Gasteiger partial charge in [0.1, 0.15) is 5.78 Å². The molecule has 108 valence electrons. The van der Waals surface area contributed by atoms with Gasteiger partial charge in [0.2, 0.25) is 0 Å². The summed E-state index contributed by atoms with van der Waals surface area (Å²) < 4.78 is 3.66. The van der Waals surface area contributed by atoms with Crippen LogP contribution in [0.5, 0.6) is 0 Å². The fourth-order valence-corrected chi connectivity index (χ4v) is 2.60. The van der Waals surface area contributed by atoms with Gasteiger partial charge in [0.25, 0.3) is 0 Å². The molecule has 2 rings (SSSR count). The Balaban J connectivity index is 2.17. The van der Waals surface area contributed by atoms with E-state index in [1.54, 1.807) is 0 Å². The number of aryl methyl sites for hydroxylation is 4. The maximum atomic E-state index is 12.3. The highest BCUT2D eigenvalue weighted by atomic mass is 16.1. The Morgan fingerprint density at radius 3 is 1.45 bits per heavy atom. The lowest BCUT2D eigenvalue weighted by Gasteiger charge is -2.03. The zero-order chi connectivity index (χ0) is 15.0. The highest BCUT2D eigenvalue weighted by molar-refractivity contribution is 5.84. The van der Waals surface area contributed by atoms with Crippen molar-refractivity contribution in [1.82, 2.24) is 19.6 Å². The van der Waals surface area contributed by atoms with Gasteiger partial charge >= 0.3 is 0 Å². The Bertz CT molecular complexity index is 608. The molecule has 2 aromatic rings. The number of rotatable bonds is 4. The van der Waals surface area contributed by atoms with Crippen molar-refractivity contribution in [3.05, 3.63) is 33.9 Å². The second-order valence-corrected chi connectivity index (χ2v) is 5.44. The summed E-state index contributed by atoms with van der Waals surface area (Å²) in [5, 5.41) is 8.72. The Labute approximate surface area is 119 Å². The third-order valence-electron chi connectivity index (χ3n) is 4.07. The van der Waals surface area contributed by atoms with E-state index >= 15 is 0 Å². The minimum absolute atomic E-state index is 0.211. The van der Waals surface area contributed by atoms with Gasteiger partial charge < -0.3 is 0 Å². The lowest BCUT2D eigenvalue weighted by molar-refractivity contribution is -0.117. The molecule has 0 aliphatic rings. The monoisotopic (exact) mass is 274 g/mol. The van der Waals surface area contributed by atoms with Crippen molar-refractivity contribution in [1.29, 1.82) is 0 Å². The van der Waals surface area contributed by atoms with Crippen LogP contribution in [0.25, 0.3) is 0 Å². The molecular weight excluding hydrogens is 252 g/mol. The molecule has 0 atom stereocenters. The fourth-order valence-electron chi connectivity index (χ4n) is 2.60. The first-order chi connectivity index (χ1) is 9.31. The molecule has 2 aromatic heterocycles. The number of hydrogen-bond donors (Lipinski definition) is 0. The van der Waals surface area contributed by atoms with E-state index in [1.807, 2.05) is 51.2 Å². The topological polar surface area (TPSA) is 52.7 Å². The largest absolute Gasteiger partial charge is 0.299 e. The van der Waals surface area contributed by atoms with Gasteiger partial charge in [-0.3, -0.25) is 14.2 Å². The van der Waals surface area contributed by atoms with Gasteiger partial charge in [-0.15, -0.1) is 0 Å². The molecular formula is C15H22N4O. The molecule has 0 unspecified atom stereocenters. The summed E-state index contributed by atoms with van der Waals surface area (Å²) in [6.45, 7) is 7.92. The summed E-state index contributed by atoms with van der Waals surface area (Å²) in [7, 11) is 3.82. The van der Waals surface area contributed by atoms with E-state index in [0.29, 0.717) is 12.8 Å². The van der Waals surface area contributed by atoms with E-state index in [4.69, 9.17) is 0 Å². The molecule has 0 amide bonds. The molecule has 0 fully saturated rings. The van der Waals surface area contributed by atoms with Gasteiger partial charge in [-0.1, -0.05) is 0 Å². The molecule has 0 N–H and O–H groups in total. The highest BCUT2D eigenvalue weighted by Gasteiger charge is 2.17. The van der Waals surface area contributed by atoms with E-state index in [-0.39, 0.29) is 5.78 Å². The van der Waals surface area contributed by atoms with Crippen molar-refractivity contribution in [3.63, 3.8) is 0 Å². The summed E-state index contributed by atoms with van der Waals surface area (Å²) in [6, 6.07) is 0. The predicted octanol–water partition coefficient (Wildman–Crippen LogP) is 1.74. The van der Waals surface area contributed by atoms with Crippen molar-refractivity contribution in [2.45, 2.75) is 40.5 Å². The Hall–Kier alpha value is -1.91. The Morgan fingerprint density at radius 1 is 0.850 bits per heavy atom. The molecule has 0 bridgehead atoms. The summed E-state index contributed by atoms with van der Waals surface area (Å²) in [4.78, 5) is 12.3. The van der Waals surface area contributed by atoms with Crippen LogP contribution in [0, 0.1) is 27.7 Å². The number of ketones is 1. The zero-order valence-corrected chi connectivity index (χ0v) is 13.1. The van der Waals surface area contributed by atoms with Crippen molar-refractivity contribution < 1.29 is 4.79 Å². The Morgan fingerprint density at radius 2 is 1.20 bits per heavy atom. The first-order valence-corrected chi connectivity index (χ1v) is 6.81. The van der Waals surface area contributed by atoms with Crippen molar-refractivity contribution >= 4 is 5.78 Å². The highest BCUT2D eigenvalue weighted by Crippen LogP contribution is 2.17. The van der Waals surface area contributed by atoms with E-state index < -0.39 is 0 Å². The summed E-state index contributed by atoms with van der Waals surface area (Å²) in [5.74, 6) is 0.211. The second-order valence-electron chi connectivity index (χ2n) is 5.44. The van der Waals surface area contributed by atoms with Crippen LogP contribution in [0.3, 0.4) is 0 Å². The van der Waals surface area contributed by atoms with E-state index in [1.165, 1.54) is 0 Å². The molecule has 5 nitrogen and oxygen atoms in total. The maximum Gasteiger partial charge on any atom is 0.141 e. The average Bonchev–Trinajstić information content (AvgIpc) is 2.74. The normalized spacial score (nSPS) is 11.1. The van der Waals surface area contributed by atoms with Crippen LogP contribution in [-0.2, 0) is 31.7 Å². The van der Waals surface area contributed by atoms with Gasteiger partial charge in [0.15, 0.2) is 0 Å². The van der Waals surface area contributed by atoms with Crippen molar-refractivity contribution in [2.24, 2.45) is 14.1 Å². The van der Waals surface area contributed by atoms with Gasteiger partial charge in [-0.05, 0) is 27.7 Å². The van der Waals surface area contributed by atoms with Gasteiger partial charge in [-0.2, -0.15) is 10.2 Å². The molecule has 0 saturated carbocycles. The number of hydrogen-bond acceptors (Lipinski definition) is 3. The summed E-state index contributed by atoms with van der Waals surface area (Å²) in [6.07, 6.45) is 0.887. The second kappa shape index (κ2) is 5.23. The van der Waals surface area contributed by atoms with Crippen LogP contribution in [0.15, 0.2) is 0 Å². The fraction of sp³-hybridized carbons (Fsp3) is 0.533. The first kappa shape index (κ1) is 14.5. The summed E-state index contributed by atoms with van der Waals surface area (Å²) >= 11 is 0. The molecule has 0 aliphatic carbocycles. The lowest BCUT2D eigenvalue weighted by Crippen LogP contribution is -2.09. The van der Waals surface area contributed by atoms with Crippen LogP contribution in [0.4, 0.5) is 0 Å². The number of carbonyl (C=O) groups excluding carboxylic acids is 1. The third kappa shape index (κ3) is 2.53. The van der Waals surface area contributed by atoms with Gasteiger partial charge in [0, 0.05) is 49.5 Å². The number of nitrogens with zero attached hydrogens (tertiary/aromatic N) is 4. The summed E-state index contributed by atoms with van der Waals surface area (Å²) in [5.41, 5.74) is 6.12. The van der Waals surface area contributed by atoms with Crippen LogP contribution in [0.2, 0.25) is 0 Å². The minimum atomic E-state index is 0.211. The van der Waals surface area contributed by atoms with Crippen molar-refractivity contribution in [2.75, 3.05) is 0 Å². The molecule has 20 heavy (non-hydrogen) atoms. The molecule has 0 aromatic carbocycles. The molecule has 0 radical (unpaired) electrons. The lowest BCUT2D eigenvalue weighted by atomic mass is 10.0. The number of Topliss-reactive ketones (excluding diaryl/α,β-unsaturated/α-hetero) is 1. The minimum Gasteiger partial charge on any atom is -0.299 e. The number of carbonyl (C=O) groups is 1. The predicted molar refractivity (Wildman–Crippen MR) is 77.8 cm³/mol. The molecule has 0 spiro atoms. The molecule has 2 heterocycles. The van der Waals surface area contributed by atoms with Crippen LogP contribution < -0.4 is 0 Å². The van der Waals surface area contributed by atoms with E-state index in [0.717, 1.165) is 33.9 Å². The third-order valence-corrected chi connectivity index (χ3v) is 4.07. The number of aromatic nitrogens is 4. The van der Waals surface area contributed by atoms with Crippen LogP contribution in [-0.4, -0.2) is 25.3 Å².